The van der Waals surface area contributed by atoms with Gasteiger partial charge in [-0.1, -0.05) is 0 Å². The lowest BCUT2D eigenvalue weighted by Crippen LogP contribution is -2.12. The van der Waals surface area contributed by atoms with Gasteiger partial charge in [-0.25, -0.2) is 13.2 Å². The molecule has 9 heteroatoms. The smallest absolute Gasteiger partial charge is 0.348 e. The second-order valence-corrected chi connectivity index (χ2v) is 7.89. The first-order chi connectivity index (χ1) is 11.7. The summed E-state index contributed by atoms with van der Waals surface area (Å²) in [5, 5.41) is 2.89. The number of carbonyl (C=O) groups is 2. The van der Waals surface area contributed by atoms with Crippen molar-refractivity contribution in [3.8, 4) is 0 Å². The average molecular weight is 382 g/mol. The minimum atomic E-state index is -3.80. The van der Waals surface area contributed by atoms with Crippen LogP contribution in [0.1, 0.15) is 29.1 Å². The standard InChI is InChI=1S/C16H18N2O5S2/c1-4-23-16(20)15-10(2)9-14(24-15)18-25(21,22)13-7-5-12(6-8-13)17-11(3)19/h5-9,18H,4H2,1-3H3,(H,17,19). The van der Waals surface area contributed by atoms with Crippen molar-refractivity contribution in [1.29, 1.82) is 0 Å². The van der Waals surface area contributed by atoms with Crippen molar-refractivity contribution in [1.82, 2.24) is 0 Å². The first-order valence-corrected chi connectivity index (χ1v) is 9.71. The molecule has 0 radical (unpaired) electrons. The van der Waals surface area contributed by atoms with E-state index in [9.17, 15) is 18.0 Å². The third kappa shape index (κ3) is 4.80. The molecule has 0 aliphatic carbocycles. The number of rotatable bonds is 6. The Morgan fingerprint density at radius 2 is 1.84 bits per heavy atom. The maximum Gasteiger partial charge on any atom is 0.348 e. The first-order valence-electron chi connectivity index (χ1n) is 7.41. The summed E-state index contributed by atoms with van der Waals surface area (Å²) in [6.07, 6.45) is 0. The fourth-order valence-electron chi connectivity index (χ4n) is 2.04. The number of sulfonamides is 1. The number of ether oxygens (including phenoxy) is 1. The van der Waals surface area contributed by atoms with Gasteiger partial charge in [-0.3, -0.25) is 9.52 Å². The number of hydrogen-bond acceptors (Lipinski definition) is 6. The lowest BCUT2D eigenvalue weighted by atomic mass is 10.3. The van der Waals surface area contributed by atoms with E-state index in [2.05, 4.69) is 10.0 Å². The molecule has 0 aliphatic heterocycles. The van der Waals surface area contributed by atoms with Gasteiger partial charge in [0.15, 0.2) is 0 Å². The molecule has 2 aromatic rings. The zero-order valence-electron chi connectivity index (χ0n) is 14.0. The Bertz CT molecular complexity index is 886. The molecular formula is C16H18N2O5S2. The number of anilines is 2. The first kappa shape index (κ1) is 18.9. The van der Waals surface area contributed by atoms with E-state index in [0.29, 0.717) is 21.1 Å². The molecule has 2 N–H and O–H groups in total. The zero-order chi connectivity index (χ0) is 18.6. The number of amides is 1. The molecule has 2 rings (SSSR count). The summed E-state index contributed by atoms with van der Waals surface area (Å²) in [5.41, 5.74) is 1.14. The molecule has 1 amide bonds. The molecule has 1 aromatic heterocycles. The Morgan fingerprint density at radius 3 is 2.40 bits per heavy atom. The van der Waals surface area contributed by atoms with E-state index >= 15 is 0 Å². The van der Waals surface area contributed by atoms with Crippen LogP contribution in [0.5, 0.6) is 0 Å². The lowest BCUT2D eigenvalue weighted by Gasteiger charge is -2.07. The van der Waals surface area contributed by atoms with Crippen LogP contribution >= 0.6 is 11.3 Å². The molecular weight excluding hydrogens is 364 g/mol. The third-order valence-corrected chi connectivity index (χ3v) is 5.74. The number of nitrogens with one attached hydrogen (secondary N) is 2. The third-order valence-electron chi connectivity index (χ3n) is 3.10. The number of esters is 1. The lowest BCUT2D eigenvalue weighted by molar-refractivity contribution is -0.114. The SMILES string of the molecule is CCOC(=O)c1sc(NS(=O)(=O)c2ccc(NC(C)=O)cc2)cc1C. The maximum absolute atomic E-state index is 12.4. The van der Waals surface area contributed by atoms with Crippen LogP contribution in [-0.4, -0.2) is 26.9 Å². The predicted octanol–water partition coefficient (Wildman–Crippen LogP) is 2.99. The summed E-state index contributed by atoms with van der Waals surface area (Å²) >= 11 is 1.02. The number of benzene rings is 1. The summed E-state index contributed by atoms with van der Waals surface area (Å²) in [5.74, 6) is -0.718. The Kier molecular flexibility index (Phi) is 5.81. The van der Waals surface area contributed by atoms with E-state index in [-0.39, 0.29) is 17.4 Å². The second-order valence-electron chi connectivity index (χ2n) is 5.15. The van der Waals surface area contributed by atoms with Crippen molar-refractivity contribution in [2.75, 3.05) is 16.6 Å². The van der Waals surface area contributed by atoms with E-state index in [4.69, 9.17) is 4.74 Å². The number of hydrogen-bond donors (Lipinski definition) is 2. The van der Waals surface area contributed by atoms with Crippen molar-refractivity contribution in [2.45, 2.75) is 25.7 Å². The fraction of sp³-hybridized carbons (Fsp3) is 0.250. The summed E-state index contributed by atoms with van der Waals surface area (Å²) in [4.78, 5) is 23.2. The van der Waals surface area contributed by atoms with E-state index in [1.165, 1.54) is 31.2 Å². The highest BCUT2D eigenvalue weighted by Gasteiger charge is 2.19. The van der Waals surface area contributed by atoms with Gasteiger partial charge in [-0.2, -0.15) is 0 Å². The molecule has 0 fully saturated rings. The molecule has 1 heterocycles. The monoisotopic (exact) mass is 382 g/mol. The van der Waals surface area contributed by atoms with Gasteiger partial charge in [0.05, 0.1) is 11.5 Å². The zero-order valence-corrected chi connectivity index (χ0v) is 15.6. The van der Waals surface area contributed by atoms with Gasteiger partial charge in [0.25, 0.3) is 10.0 Å². The van der Waals surface area contributed by atoms with Gasteiger partial charge in [0, 0.05) is 12.6 Å². The fourth-order valence-corrected chi connectivity index (χ4v) is 4.29. The highest BCUT2D eigenvalue weighted by Crippen LogP contribution is 2.29. The van der Waals surface area contributed by atoms with Crippen LogP contribution in [0.4, 0.5) is 10.7 Å². The van der Waals surface area contributed by atoms with Crippen LogP contribution in [0.25, 0.3) is 0 Å². The normalized spacial score (nSPS) is 11.0. The molecule has 0 atom stereocenters. The molecule has 25 heavy (non-hydrogen) atoms. The van der Waals surface area contributed by atoms with Gasteiger partial charge < -0.3 is 10.1 Å². The van der Waals surface area contributed by atoms with Gasteiger partial charge in [-0.15, -0.1) is 11.3 Å². The maximum atomic E-state index is 12.4. The minimum Gasteiger partial charge on any atom is -0.462 e. The molecule has 7 nitrogen and oxygen atoms in total. The summed E-state index contributed by atoms with van der Waals surface area (Å²) in [7, 11) is -3.80. The van der Waals surface area contributed by atoms with E-state index < -0.39 is 16.0 Å². The Morgan fingerprint density at radius 1 is 1.20 bits per heavy atom. The molecule has 0 spiro atoms. The van der Waals surface area contributed by atoms with Gasteiger partial charge >= 0.3 is 5.97 Å². The quantitative estimate of drug-likeness (QED) is 0.748. The minimum absolute atomic E-state index is 0.0466. The predicted molar refractivity (Wildman–Crippen MR) is 96.6 cm³/mol. The Labute approximate surface area is 150 Å². The molecule has 0 saturated carbocycles. The summed E-state index contributed by atoms with van der Waals surface area (Å²) in [6.45, 7) is 5.03. The largest absolute Gasteiger partial charge is 0.462 e. The average Bonchev–Trinajstić information content (AvgIpc) is 2.87. The number of aryl methyl sites for hydroxylation is 1. The highest BCUT2D eigenvalue weighted by atomic mass is 32.2. The number of thiophene rings is 1. The van der Waals surface area contributed by atoms with Gasteiger partial charge in [0.2, 0.25) is 5.91 Å². The van der Waals surface area contributed by atoms with Crippen LogP contribution in [0.2, 0.25) is 0 Å². The van der Waals surface area contributed by atoms with Crippen LogP contribution in [0, 0.1) is 6.92 Å². The Balaban J connectivity index is 2.20. The molecule has 134 valence electrons. The highest BCUT2D eigenvalue weighted by molar-refractivity contribution is 7.93. The van der Waals surface area contributed by atoms with Crippen LogP contribution in [0.3, 0.4) is 0 Å². The van der Waals surface area contributed by atoms with Crippen LogP contribution in [-0.2, 0) is 19.6 Å². The van der Waals surface area contributed by atoms with Gasteiger partial charge in [0.1, 0.15) is 9.88 Å². The Hall–Kier alpha value is -2.39. The van der Waals surface area contributed by atoms with Crippen LogP contribution < -0.4 is 10.0 Å². The van der Waals surface area contributed by atoms with E-state index in [1.54, 1.807) is 19.9 Å². The molecule has 0 saturated heterocycles. The molecule has 0 unspecified atom stereocenters. The molecule has 0 aliphatic rings. The van der Waals surface area contributed by atoms with E-state index in [0.717, 1.165) is 11.3 Å². The van der Waals surface area contributed by atoms with Crippen molar-refractivity contribution in [3.63, 3.8) is 0 Å². The number of carbonyl (C=O) groups excluding carboxylic acids is 2. The van der Waals surface area contributed by atoms with Gasteiger partial charge in [-0.05, 0) is 49.7 Å². The van der Waals surface area contributed by atoms with Crippen molar-refractivity contribution in [2.24, 2.45) is 0 Å². The molecule has 1 aromatic carbocycles. The summed E-state index contributed by atoms with van der Waals surface area (Å²) < 4.78 is 32.3. The van der Waals surface area contributed by atoms with Crippen molar-refractivity contribution in [3.05, 3.63) is 40.8 Å². The molecule has 0 bridgehead atoms. The van der Waals surface area contributed by atoms with Crippen molar-refractivity contribution < 1.29 is 22.7 Å². The topological polar surface area (TPSA) is 102 Å². The van der Waals surface area contributed by atoms with Crippen LogP contribution in [0.15, 0.2) is 35.2 Å². The van der Waals surface area contributed by atoms with E-state index in [1.807, 2.05) is 0 Å². The second kappa shape index (κ2) is 7.66. The van der Waals surface area contributed by atoms with Crippen molar-refractivity contribution >= 4 is 43.9 Å². The summed E-state index contributed by atoms with van der Waals surface area (Å²) in [6, 6.07) is 7.36.